The van der Waals surface area contributed by atoms with Gasteiger partial charge in [-0.3, -0.25) is 28.1 Å². The van der Waals surface area contributed by atoms with Gasteiger partial charge in [0, 0.05) is 183 Å². The molecule has 6 aliphatic rings. The first-order chi connectivity index (χ1) is 60.4. The molecule has 0 spiro atoms. The fourth-order valence-electron chi connectivity index (χ4n) is 17.5. The maximum atomic E-state index is 15.3. The Hall–Kier alpha value is -8.32. The zero-order valence-electron chi connectivity index (χ0n) is 72.5. The average molecular weight is 1910 g/mol. The van der Waals surface area contributed by atoms with Crippen LogP contribution in [0, 0.1) is 29.1 Å². The number of amides is 3. The Morgan fingerprint density at radius 2 is 0.732 bits per heavy atom. The van der Waals surface area contributed by atoms with Gasteiger partial charge in [-0.25, -0.2) is 36.3 Å². The van der Waals surface area contributed by atoms with Crippen LogP contribution in [0.1, 0.15) is 41.5 Å². The molecular formula is C90H101Cl5F5N15O9S3. The molecule has 0 bridgehead atoms. The third-order valence-electron chi connectivity index (χ3n) is 23.2. The van der Waals surface area contributed by atoms with Crippen LogP contribution in [-0.4, -0.2) is 269 Å². The summed E-state index contributed by atoms with van der Waals surface area (Å²) in [5, 5.41) is 2.64. The largest absolute Gasteiger partial charge is 0.374 e. The number of ether oxygens (including phenoxy) is 3. The Bertz CT molecular complexity index is 5940. The molecule has 9 heterocycles. The standard InChI is InChI=1S/C30H33Cl2F2N5O3S.C30H34Cl2FN5O3S.C30H34ClF2N5O3S/c1-6-25(40)39-16(2)12-37(13-17(39)3)29-20-10-22(32)26(19-9-21(31)24(34)11-23(19)33)28-27(20)38(30(41)35-29)14-18(15-43-28)42-8-7-36(4)5;1-6-25(39)38-17(2)13-36(14-18(38)3)29-21-12-23(32)26(19-7-8-24(33)22(31)11-19)28-27(21)37(30(40)34-29)15-20(16-42-28)41-10-9-35(4)5;1-6-25(39)38-17(2)13-36(14-18(38)3)29-22-12-23(31)26(21-8-7-19(32)11-24(21)33)28-27(22)37(30(40)34-29)15-20(16-42-28)41-10-9-35(4)5/h6,9-11,16-18H,1,7-8,12-15H2,2-5H3;2*6-8,11-12,17-18,20H,1,9-10,13-16H2,2-5H3/t16-,17+,18?;2*17-,18+,20?. The van der Waals surface area contributed by atoms with Crippen LogP contribution in [0.3, 0.4) is 0 Å². The second-order valence-corrected chi connectivity index (χ2v) is 38.5. The number of benzene rings is 6. The lowest BCUT2D eigenvalue weighted by Gasteiger charge is -2.44. The van der Waals surface area contributed by atoms with E-state index in [0.29, 0.717) is 178 Å². The quantitative estimate of drug-likeness (QED) is 0.0371. The maximum Gasteiger partial charge on any atom is 0.350 e. The molecule has 15 rings (SSSR count). The molecule has 0 radical (unpaired) electrons. The van der Waals surface area contributed by atoms with Gasteiger partial charge in [0.25, 0.3) is 0 Å². The van der Waals surface area contributed by atoms with Crippen molar-refractivity contribution in [2.45, 2.75) is 130 Å². The number of likely N-dealkylation sites (N-methyl/N-ethyl adjacent to an activating group) is 3. The van der Waals surface area contributed by atoms with E-state index in [0.717, 1.165) is 29.0 Å². The minimum atomic E-state index is -0.881. The molecule has 3 unspecified atom stereocenters. The molecule has 127 heavy (non-hydrogen) atoms. The van der Waals surface area contributed by atoms with Crippen LogP contribution in [0.25, 0.3) is 66.1 Å². The molecule has 3 aromatic heterocycles. The minimum Gasteiger partial charge on any atom is -0.374 e. The maximum absolute atomic E-state index is 15.3. The van der Waals surface area contributed by atoms with Crippen molar-refractivity contribution in [3.05, 3.63) is 190 Å². The molecule has 37 heteroatoms. The normalized spacial score (nSPS) is 20.7. The van der Waals surface area contributed by atoms with Crippen LogP contribution < -0.4 is 31.8 Å². The number of carbonyl (C=O) groups is 3. The summed E-state index contributed by atoms with van der Waals surface area (Å²) in [4.78, 5) is 112. The third-order valence-corrected chi connectivity index (χ3v) is 28.3. The Kier molecular flexibility index (Phi) is 31.1. The number of hydrogen-bond donors (Lipinski definition) is 0. The molecule has 6 aromatic carbocycles. The van der Waals surface area contributed by atoms with E-state index < -0.39 is 46.2 Å². The Balaban J connectivity index is 0.000000163. The highest BCUT2D eigenvalue weighted by Gasteiger charge is 2.41. The summed E-state index contributed by atoms with van der Waals surface area (Å²) in [6, 6.07) is 14.1. The molecule has 0 N–H and O–H groups in total. The van der Waals surface area contributed by atoms with Crippen LogP contribution in [0.2, 0.25) is 25.1 Å². The third kappa shape index (κ3) is 20.6. The summed E-state index contributed by atoms with van der Waals surface area (Å²) >= 11 is 37.5. The molecule has 6 aliphatic heterocycles. The van der Waals surface area contributed by atoms with E-state index in [1.165, 1.54) is 66.0 Å². The van der Waals surface area contributed by atoms with Gasteiger partial charge < -0.3 is 58.3 Å². The second kappa shape index (κ2) is 41.0. The molecular weight excluding hydrogens is 1800 g/mol. The van der Waals surface area contributed by atoms with Gasteiger partial charge in [-0.1, -0.05) is 83.8 Å². The number of aromatic nitrogens is 6. The molecule has 0 saturated carbocycles. The number of anilines is 3. The van der Waals surface area contributed by atoms with Gasteiger partial charge in [0.1, 0.15) is 46.5 Å². The van der Waals surface area contributed by atoms with Crippen molar-refractivity contribution in [2.75, 3.05) is 153 Å². The lowest BCUT2D eigenvalue weighted by Crippen LogP contribution is -2.58. The lowest BCUT2D eigenvalue weighted by atomic mass is 10.0. The zero-order valence-corrected chi connectivity index (χ0v) is 78.7. The number of piperazine rings is 3. The fourth-order valence-corrected chi connectivity index (χ4v) is 22.7. The monoisotopic (exact) mass is 1900 g/mol. The van der Waals surface area contributed by atoms with E-state index in [4.69, 9.17) is 72.2 Å². The van der Waals surface area contributed by atoms with E-state index in [1.54, 1.807) is 64.4 Å². The first-order valence-corrected chi connectivity index (χ1v) is 46.4. The summed E-state index contributed by atoms with van der Waals surface area (Å²) in [5.41, 5.74) is 2.73. The molecule has 24 nitrogen and oxygen atoms in total. The molecule has 9 aromatic rings. The number of thioether (sulfide) groups is 3. The smallest absolute Gasteiger partial charge is 0.350 e. The van der Waals surface area contributed by atoms with Gasteiger partial charge in [0.15, 0.2) is 0 Å². The second-order valence-electron chi connectivity index (χ2n) is 33.3. The summed E-state index contributed by atoms with van der Waals surface area (Å²) in [5.74, 6) is -1.16. The molecule has 9 atom stereocenters. The van der Waals surface area contributed by atoms with Crippen molar-refractivity contribution in [1.29, 1.82) is 0 Å². The van der Waals surface area contributed by atoms with Crippen molar-refractivity contribution in [1.82, 2.24) is 58.1 Å². The molecule has 3 amide bonds. The Labute approximate surface area is 771 Å². The molecule has 3 saturated heterocycles. The van der Waals surface area contributed by atoms with Gasteiger partial charge >= 0.3 is 17.1 Å². The van der Waals surface area contributed by atoms with Crippen LogP contribution in [0.4, 0.5) is 39.4 Å². The molecule has 0 aliphatic carbocycles. The van der Waals surface area contributed by atoms with Gasteiger partial charge in [0.05, 0.1) is 99.4 Å². The molecule has 3 fully saturated rings. The van der Waals surface area contributed by atoms with E-state index >= 15 is 8.78 Å². The van der Waals surface area contributed by atoms with Crippen LogP contribution in [-0.2, 0) is 48.2 Å². The van der Waals surface area contributed by atoms with Gasteiger partial charge in [-0.05, 0) is 156 Å². The number of carbonyl (C=O) groups excluding carboxylic acids is 3. The topological polar surface area (TPSA) is 213 Å². The highest BCUT2D eigenvalue weighted by atomic mass is 35.5. The zero-order chi connectivity index (χ0) is 91.7. The Morgan fingerprint density at radius 3 is 1.06 bits per heavy atom. The lowest BCUT2D eigenvalue weighted by molar-refractivity contribution is -0.131. The van der Waals surface area contributed by atoms with Crippen LogP contribution in [0.5, 0.6) is 0 Å². The van der Waals surface area contributed by atoms with Gasteiger partial charge in [-0.2, -0.15) is 15.0 Å². The molecule has 678 valence electrons. The van der Waals surface area contributed by atoms with E-state index in [-0.39, 0.29) is 117 Å². The predicted molar refractivity (Wildman–Crippen MR) is 501 cm³/mol. The number of nitrogens with zero attached hydrogens (tertiary/aromatic N) is 15. The predicted octanol–water partition coefficient (Wildman–Crippen LogP) is 15.1. The van der Waals surface area contributed by atoms with Crippen molar-refractivity contribution in [2.24, 2.45) is 0 Å². The van der Waals surface area contributed by atoms with Crippen molar-refractivity contribution in [3.8, 4) is 33.4 Å². The first-order valence-electron chi connectivity index (χ1n) is 41.5. The van der Waals surface area contributed by atoms with E-state index in [9.17, 15) is 41.9 Å². The first kappa shape index (κ1) is 96.2. The average Bonchev–Trinajstić information content (AvgIpc) is 1.73. The Morgan fingerprint density at radius 1 is 0.409 bits per heavy atom. The summed E-state index contributed by atoms with van der Waals surface area (Å²) < 4.78 is 95.9. The van der Waals surface area contributed by atoms with Crippen molar-refractivity contribution >= 4 is 161 Å². The SMILES string of the molecule is C=CC(=O)N1[C@H](C)CN(c2nc(=O)n3c4c(c(-c5cc(Cl)c(F)cc5F)c(Cl)cc24)SCC(OCCN(C)C)C3)C[C@@H]1C.C=CC(=O)N1[C@H](C)CN(c2nc(=O)n3c4c(c(-c5ccc(F)c(Cl)c5)c(Cl)cc24)SCC(OCCN(C)C)C3)C[C@@H]1C.C=CC(=O)N1[C@H](C)CN(c2nc(=O)n3c4c(c(-c5ccc(F)cc5F)c(Cl)cc24)SCC(OCCN(C)C)C3)C[C@@H]1C. The highest BCUT2D eigenvalue weighted by Crippen LogP contribution is 2.51. The number of halogens is 10. The number of rotatable bonds is 21. The fraction of sp³-hybridized carbons (Fsp3) is 0.433. The van der Waals surface area contributed by atoms with E-state index in [1.807, 2.05) is 114 Å². The number of hydrogen-bond acceptors (Lipinski definition) is 21. The van der Waals surface area contributed by atoms with Gasteiger partial charge in [0.2, 0.25) is 17.7 Å². The summed E-state index contributed by atoms with van der Waals surface area (Å²) in [7, 11) is 11.8. The van der Waals surface area contributed by atoms with Crippen molar-refractivity contribution < 1.29 is 50.5 Å². The summed E-state index contributed by atoms with van der Waals surface area (Å²) in [6.45, 7) is 29.8. The van der Waals surface area contributed by atoms with Crippen LogP contribution in [0.15, 0.2) is 134 Å². The minimum absolute atomic E-state index is 0.0119. The van der Waals surface area contributed by atoms with Gasteiger partial charge in [-0.15, -0.1) is 35.3 Å². The highest BCUT2D eigenvalue weighted by molar-refractivity contribution is 8.00. The van der Waals surface area contributed by atoms with E-state index in [2.05, 4.69) is 39.6 Å². The van der Waals surface area contributed by atoms with Crippen molar-refractivity contribution in [3.63, 3.8) is 0 Å². The van der Waals surface area contributed by atoms with Crippen LogP contribution >= 0.6 is 93.3 Å². The summed E-state index contributed by atoms with van der Waals surface area (Å²) in [6.07, 6.45) is 3.05.